The van der Waals surface area contributed by atoms with Crippen LogP contribution in [0, 0.1) is 11.6 Å². The summed E-state index contributed by atoms with van der Waals surface area (Å²) in [5.41, 5.74) is -0.461. The fourth-order valence-corrected chi connectivity index (χ4v) is 4.09. The number of nitrogens with one attached hydrogen (secondary N) is 2. The monoisotopic (exact) mass is 512 g/mol. The molecule has 3 heterocycles. The number of nitrogens with zero attached hydrogens (tertiary/aromatic N) is 4. The first-order valence-electron chi connectivity index (χ1n) is 11.5. The maximum Gasteiger partial charge on any atom is 0.255 e. The average Bonchev–Trinajstić information content (AvgIpc) is 2.86. The SMILES string of the molecule is C[C@@H](C(=O)Nc1cnc(Oc2ccc(F)c(F)c2)cn1)N1CCN(C(=O)c2ccc(=O)[nH]c2)C(C)(C)C1. The summed E-state index contributed by atoms with van der Waals surface area (Å²) in [6.45, 7) is 6.93. The van der Waals surface area contributed by atoms with Gasteiger partial charge in [-0.1, -0.05) is 0 Å². The van der Waals surface area contributed by atoms with Crippen molar-refractivity contribution in [2.75, 3.05) is 25.0 Å². The molecule has 2 N–H and O–H groups in total. The molecular weight excluding hydrogens is 486 g/mol. The highest BCUT2D eigenvalue weighted by molar-refractivity contribution is 5.95. The maximum absolute atomic E-state index is 13.3. The molecule has 0 saturated carbocycles. The highest BCUT2D eigenvalue weighted by atomic mass is 19.2. The number of carbonyl (C=O) groups excluding carboxylic acids is 2. The van der Waals surface area contributed by atoms with Crippen LogP contribution in [0.5, 0.6) is 11.6 Å². The number of amides is 2. The second-order valence-electron chi connectivity index (χ2n) is 9.26. The third-order valence-corrected chi connectivity index (χ3v) is 6.13. The topological polar surface area (TPSA) is 121 Å². The van der Waals surface area contributed by atoms with Crippen LogP contribution in [0.15, 0.2) is 53.7 Å². The average molecular weight is 513 g/mol. The third kappa shape index (κ3) is 5.97. The van der Waals surface area contributed by atoms with Crippen molar-refractivity contribution in [3.8, 4) is 11.6 Å². The predicted octanol–water partition coefficient (Wildman–Crippen LogP) is 2.80. The molecule has 1 aliphatic rings. The van der Waals surface area contributed by atoms with Gasteiger partial charge in [-0.25, -0.2) is 18.7 Å². The zero-order chi connectivity index (χ0) is 26.7. The lowest BCUT2D eigenvalue weighted by atomic mass is 9.96. The Kier molecular flexibility index (Phi) is 7.30. The number of piperazine rings is 1. The quantitative estimate of drug-likeness (QED) is 0.521. The molecule has 1 atom stereocenters. The number of ether oxygens (including phenoxy) is 1. The van der Waals surface area contributed by atoms with E-state index in [9.17, 15) is 23.2 Å². The van der Waals surface area contributed by atoms with Crippen LogP contribution in [0.2, 0.25) is 0 Å². The Labute approximate surface area is 211 Å². The smallest absolute Gasteiger partial charge is 0.255 e. The van der Waals surface area contributed by atoms with Crippen LogP contribution in [0.4, 0.5) is 14.6 Å². The van der Waals surface area contributed by atoms with Gasteiger partial charge in [0.25, 0.3) is 5.91 Å². The first kappa shape index (κ1) is 25.9. The van der Waals surface area contributed by atoms with Crippen LogP contribution in [-0.2, 0) is 4.79 Å². The van der Waals surface area contributed by atoms with E-state index in [1.54, 1.807) is 11.8 Å². The number of H-pyrrole nitrogens is 1. The summed E-state index contributed by atoms with van der Waals surface area (Å²) < 4.78 is 31.8. The zero-order valence-electron chi connectivity index (χ0n) is 20.5. The van der Waals surface area contributed by atoms with Crippen molar-refractivity contribution in [3.63, 3.8) is 0 Å². The summed E-state index contributed by atoms with van der Waals surface area (Å²) in [5.74, 6) is -2.25. The van der Waals surface area contributed by atoms with Crippen molar-refractivity contribution in [3.05, 3.63) is 76.5 Å². The summed E-state index contributed by atoms with van der Waals surface area (Å²) in [7, 11) is 0. The van der Waals surface area contributed by atoms with Gasteiger partial charge in [0.2, 0.25) is 17.3 Å². The van der Waals surface area contributed by atoms with Gasteiger partial charge in [-0.15, -0.1) is 0 Å². The molecule has 37 heavy (non-hydrogen) atoms. The molecule has 4 rings (SSSR count). The molecule has 0 aliphatic carbocycles. The van der Waals surface area contributed by atoms with Gasteiger partial charge in [-0.2, -0.15) is 0 Å². The zero-order valence-corrected chi connectivity index (χ0v) is 20.5. The molecule has 0 unspecified atom stereocenters. The summed E-state index contributed by atoms with van der Waals surface area (Å²) in [6.07, 6.45) is 3.95. The number of aromatic amines is 1. The number of hydrogen-bond donors (Lipinski definition) is 2. The molecule has 1 aliphatic heterocycles. The third-order valence-electron chi connectivity index (χ3n) is 6.13. The van der Waals surface area contributed by atoms with Crippen LogP contribution in [0.3, 0.4) is 0 Å². The molecule has 12 heteroatoms. The molecule has 1 fully saturated rings. The minimum atomic E-state index is -1.05. The standard InChI is InChI=1S/C25H26F2N6O4/c1-15(32-8-9-33(25(2,3)14-32)24(36)16-4-7-21(34)29-11-16)23(35)31-20-12-30-22(13-28-20)37-17-5-6-18(26)19(27)10-17/h4-7,10-13,15H,8-9,14H2,1-3H3,(H,29,34)(H,28,31,35)/t15-/m0/s1. The molecule has 2 aromatic heterocycles. The second-order valence-corrected chi connectivity index (χ2v) is 9.26. The highest BCUT2D eigenvalue weighted by Crippen LogP contribution is 2.25. The van der Waals surface area contributed by atoms with Gasteiger partial charge in [-0.3, -0.25) is 19.3 Å². The molecule has 10 nitrogen and oxygen atoms in total. The number of pyridine rings is 1. The molecule has 3 aromatic rings. The number of carbonyl (C=O) groups is 2. The Morgan fingerprint density at radius 3 is 2.51 bits per heavy atom. The highest BCUT2D eigenvalue weighted by Gasteiger charge is 2.39. The van der Waals surface area contributed by atoms with Crippen LogP contribution in [0.25, 0.3) is 0 Å². The second kappa shape index (κ2) is 10.4. The van der Waals surface area contributed by atoms with Crippen molar-refractivity contribution < 1.29 is 23.1 Å². The maximum atomic E-state index is 13.3. The van der Waals surface area contributed by atoms with Gasteiger partial charge in [0, 0.05) is 38.0 Å². The Balaban J connectivity index is 1.35. The van der Waals surface area contributed by atoms with Gasteiger partial charge in [-0.05, 0) is 39.0 Å². The van der Waals surface area contributed by atoms with E-state index in [0.717, 1.165) is 12.1 Å². The molecule has 0 bridgehead atoms. The molecule has 0 radical (unpaired) electrons. The van der Waals surface area contributed by atoms with Crippen molar-refractivity contribution in [1.29, 1.82) is 0 Å². The van der Waals surface area contributed by atoms with Crippen molar-refractivity contribution in [1.82, 2.24) is 24.8 Å². The predicted molar refractivity (Wildman–Crippen MR) is 130 cm³/mol. The summed E-state index contributed by atoms with van der Waals surface area (Å²) in [6, 6.07) is 5.37. The molecule has 194 valence electrons. The van der Waals surface area contributed by atoms with Gasteiger partial charge in [0.1, 0.15) is 5.75 Å². The lowest BCUT2D eigenvalue weighted by Gasteiger charge is -2.48. The Morgan fingerprint density at radius 2 is 1.89 bits per heavy atom. The lowest BCUT2D eigenvalue weighted by molar-refractivity contribution is -0.122. The van der Waals surface area contributed by atoms with Gasteiger partial charge >= 0.3 is 0 Å². The number of hydrogen-bond acceptors (Lipinski definition) is 7. The normalized spacial score (nSPS) is 16.2. The van der Waals surface area contributed by atoms with E-state index in [-0.39, 0.29) is 34.8 Å². The fourth-order valence-electron chi connectivity index (χ4n) is 4.09. The summed E-state index contributed by atoms with van der Waals surface area (Å²) in [5, 5.41) is 2.71. The first-order valence-corrected chi connectivity index (χ1v) is 11.5. The molecule has 0 spiro atoms. The summed E-state index contributed by atoms with van der Waals surface area (Å²) >= 11 is 0. The number of rotatable bonds is 6. The molecule has 1 saturated heterocycles. The van der Waals surface area contributed by atoms with Crippen molar-refractivity contribution in [2.45, 2.75) is 32.4 Å². The summed E-state index contributed by atoms with van der Waals surface area (Å²) in [4.78, 5) is 51.6. The largest absolute Gasteiger partial charge is 0.437 e. The Bertz CT molecular complexity index is 1340. The van der Waals surface area contributed by atoms with E-state index in [4.69, 9.17) is 4.74 Å². The number of aromatic nitrogens is 3. The van der Waals surface area contributed by atoms with Gasteiger partial charge in [0.05, 0.1) is 29.5 Å². The number of benzene rings is 1. The molecular formula is C25H26F2N6O4. The van der Waals surface area contributed by atoms with E-state index in [1.807, 2.05) is 18.7 Å². The number of anilines is 1. The minimum Gasteiger partial charge on any atom is -0.437 e. The van der Waals surface area contributed by atoms with Crippen LogP contribution >= 0.6 is 0 Å². The van der Waals surface area contributed by atoms with Crippen molar-refractivity contribution >= 4 is 17.6 Å². The Hall–Kier alpha value is -4.19. The van der Waals surface area contributed by atoms with Gasteiger partial charge in [0.15, 0.2) is 17.5 Å². The van der Waals surface area contributed by atoms with Crippen LogP contribution in [-0.4, -0.2) is 67.8 Å². The molecule has 1 aromatic carbocycles. The van der Waals surface area contributed by atoms with Crippen LogP contribution in [0.1, 0.15) is 31.1 Å². The fraction of sp³-hybridized carbons (Fsp3) is 0.320. The van der Waals surface area contributed by atoms with E-state index in [0.29, 0.717) is 25.2 Å². The first-order chi connectivity index (χ1) is 17.5. The van der Waals surface area contributed by atoms with E-state index in [2.05, 4.69) is 20.3 Å². The minimum absolute atomic E-state index is 0.0436. The lowest BCUT2D eigenvalue weighted by Crippen LogP contribution is -2.63. The molecule has 2 amide bonds. The van der Waals surface area contributed by atoms with E-state index >= 15 is 0 Å². The van der Waals surface area contributed by atoms with Crippen LogP contribution < -0.4 is 15.6 Å². The Morgan fingerprint density at radius 1 is 1.11 bits per heavy atom. The van der Waals surface area contributed by atoms with Crippen molar-refractivity contribution in [2.24, 2.45) is 0 Å². The van der Waals surface area contributed by atoms with Gasteiger partial charge < -0.3 is 19.9 Å². The van der Waals surface area contributed by atoms with E-state index < -0.39 is 23.2 Å². The van der Waals surface area contributed by atoms with E-state index in [1.165, 1.54) is 36.8 Å². The number of halogens is 2.